The van der Waals surface area contributed by atoms with E-state index in [-0.39, 0.29) is 5.92 Å². The second kappa shape index (κ2) is 7.15. The van der Waals surface area contributed by atoms with Gasteiger partial charge in [-0.2, -0.15) is 0 Å². The van der Waals surface area contributed by atoms with Crippen LogP contribution in [0.2, 0.25) is 0 Å². The number of ether oxygens (including phenoxy) is 1. The van der Waals surface area contributed by atoms with Crippen molar-refractivity contribution in [1.29, 1.82) is 0 Å². The minimum absolute atomic E-state index is 0.253. The normalized spacial score (nSPS) is 10.7. The minimum atomic E-state index is -1.04. The number of aliphatic carboxylic acids is 1. The molecule has 1 aromatic rings. The Hall–Kier alpha value is -2.37. The van der Waals surface area contributed by atoms with Crippen LogP contribution in [0.4, 0.5) is 10.6 Å². The molecule has 0 bridgehead atoms. The first kappa shape index (κ1) is 14.7. The van der Waals surface area contributed by atoms with Crippen molar-refractivity contribution in [2.45, 2.75) is 13.8 Å². The maximum absolute atomic E-state index is 11.4. The number of nitrogens with zero attached hydrogens (tertiary/aromatic N) is 1. The summed E-state index contributed by atoms with van der Waals surface area (Å²) < 4.78 is 4.94. The van der Waals surface area contributed by atoms with E-state index in [4.69, 9.17) is 9.84 Å². The van der Waals surface area contributed by atoms with Crippen LogP contribution in [0.5, 0.6) is 0 Å². The highest BCUT2D eigenvalue weighted by Gasteiger charge is 2.05. The number of pyridine rings is 1. The third kappa shape index (κ3) is 6.21. The molecule has 102 valence electrons. The summed E-state index contributed by atoms with van der Waals surface area (Å²) in [5.74, 6) is -0.479. The minimum Gasteiger partial charge on any atom is -0.478 e. The van der Waals surface area contributed by atoms with Crippen LogP contribution >= 0.6 is 0 Å². The lowest BCUT2D eigenvalue weighted by Crippen LogP contribution is -2.17. The first-order chi connectivity index (χ1) is 8.97. The van der Waals surface area contributed by atoms with Crippen LogP contribution < -0.4 is 5.32 Å². The topological polar surface area (TPSA) is 88.5 Å². The van der Waals surface area contributed by atoms with Gasteiger partial charge in [-0.3, -0.25) is 5.32 Å². The summed E-state index contributed by atoms with van der Waals surface area (Å²) >= 11 is 0. The molecule has 1 rings (SSSR count). The average Bonchev–Trinajstić information content (AvgIpc) is 2.34. The molecule has 0 aliphatic heterocycles. The van der Waals surface area contributed by atoms with Crippen molar-refractivity contribution in [3.63, 3.8) is 0 Å². The monoisotopic (exact) mass is 264 g/mol. The van der Waals surface area contributed by atoms with Crippen LogP contribution in [-0.2, 0) is 9.53 Å². The number of hydrogen-bond donors (Lipinski definition) is 2. The third-order valence-corrected chi connectivity index (χ3v) is 1.98. The van der Waals surface area contributed by atoms with E-state index in [1.165, 1.54) is 12.3 Å². The summed E-state index contributed by atoms with van der Waals surface area (Å²) in [5, 5.41) is 11.0. The van der Waals surface area contributed by atoms with E-state index in [0.29, 0.717) is 18.0 Å². The van der Waals surface area contributed by atoms with Gasteiger partial charge in [0.15, 0.2) is 0 Å². The number of aromatic nitrogens is 1. The Morgan fingerprint density at radius 1 is 1.53 bits per heavy atom. The molecule has 0 unspecified atom stereocenters. The third-order valence-electron chi connectivity index (χ3n) is 1.98. The Labute approximate surface area is 111 Å². The van der Waals surface area contributed by atoms with Gasteiger partial charge >= 0.3 is 12.1 Å². The molecule has 1 heterocycles. The molecule has 0 fully saturated rings. The van der Waals surface area contributed by atoms with Crippen molar-refractivity contribution in [3.05, 3.63) is 30.0 Å². The Morgan fingerprint density at radius 2 is 2.26 bits per heavy atom. The van der Waals surface area contributed by atoms with E-state index in [1.807, 2.05) is 13.8 Å². The number of rotatable bonds is 5. The number of carboxylic acids is 1. The van der Waals surface area contributed by atoms with E-state index >= 15 is 0 Å². The van der Waals surface area contributed by atoms with Crippen LogP contribution in [0.15, 0.2) is 24.4 Å². The molecule has 6 nitrogen and oxygen atoms in total. The Balaban J connectivity index is 2.61. The van der Waals surface area contributed by atoms with Gasteiger partial charge in [0.05, 0.1) is 6.61 Å². The van der Waals surface area contributed by atoms with Crippen LogP contribution in [0.1, 0.15) is 19.4 Å². The molecule has 2 N–H and O–H groups in total. The van der Waals surface area contributed by atoms with Crippen LogP contribution in [-0.4, -0.2) is 28.8 Å². The second-order valence-corrected chi connectivity index (χ2v) is 4.26. The Bertz CT molecular complexity index is 483. The predicted octanol–water partition coefficient (Wildman–Crippen LogP) is 2.38. The average molecular weight is 264 g/mol. The largest absolute Gasteiger partial charge is 0.478 e. The van der Waals surface area contributed by atoms with Gasteiger partial charge in [-0.15, -0.1) is 0 Å². The summed E-state index contributed by atoms with van der Waals surface area (Å²) in [6, 6.07) is 3.18. The molecule has 0 aliphatic carbocycles. The zero-order valence-electron chi connectivity index (χ0n) is 10.8. The number of carboxylic acid groups (broad SMARTS) is 1. The zero-order chi connectivity index (χ0) is 14.3. The van der Waals surface area contributed by atoms with Crippen LogP contribution in [0, 0.1) is 5.92 Å². The summed E-state index contributed by atoms with van der Waals surface area (Å²) in [6.07, 6.45) is 3.31. The fourth-order valence-corrected chi connectivity index (χ4v) is 1.17. The van der Waals surface area contributed by atoms with Crippen molar-refractivity contribution in [3.8, 4) is 0 Å². The number of anilines is 1. The molecule has 19 heavy (non-hydrogen) atoms. The molecule has 0 radical (unpaired) electrons. The molecule has 1 aromatic heterocycles. The number of hydrogen-bond acceptors (Lipinski definition) is 4. The van der Waals surface area contributed by atoms with Gasteiger partial charge in [0.1, 0.15) is 5.82 Å². The lowest BCUT2D eigenvalue weighted by atomic mass is 10.2. The molecule has 0 aromatic carbocycles. The van der Waals surface area contributed by atoms with E-state index in [1.54, 1.807) is 12.1 Å². The maximum Gasteiger partial charge on any atom is 0.412 e. The van der Waals surface area contributed by atoms with Crippen molar-refractivity contribution in [2.24, 2.45) is 5.92 Å². The number of nitrogens with one attached hydrogen (secondary N) is 1. The molecule has 0 saturated carbocycles. The first-order valence-electron chi connectivity index (χ1n) is 5.78. The van der Waals surface area contributed by atoms with Gasteiger partial charge in [0.2, 0.25) is 0 Å². The van der Waals surface area contributed by atoms with E-state index in [0.717, 1.165) is 6.08 Å². The molecule has 1 amide bonds. The van der Waals surface area contributed by atoms with Crippen LogP contribution in [0.3, 0.4) is 0 Å². The maximum atomic E-state index is 11.4. The van der Waals surface area contributed by atoms with Crippen molar-refractivity contribution < 1.29 is 19.4 Å². The predicted molar refractivity (Wildman–Crippen MR) is 70.7 cm³/mol. The molecular weight excluding hydrogens is 248 g/mol. The smallest absolute Gasteiger partial charge is 0.412 e. The van der Waals surface area contributed by atoms with Gasteiger partial charge in [-0.1, -0.05) is 13.8 Å². The molecule has 0 aliphatic rings. The van der Waals surface area contributed by atoms with Gasteiger partial charge in [-0.05, 0) is 29.7 Å². The summed E-state index contributed by atoms with van der Waals surface area (Å²) in [6.45, 7) is 4.19. The number of carbonyl (C=O) groups excluding carboxylic acids is 1. The van der Waals surface area contributed by atoms with E-state index < -0.39 is 12.1 Å². The lowest BCUT2D eigenvalue weighted by molar-refractivity contribution is -0.131. The molecule has 0 atom stereocenters. The Kier molecular flexibility index (Phi) is 5.53. The van der Waals surface area contributed by atoms with Crippen LogP contribution in [0.25, 0.3) is 6.08 Å². The summed E-state index contributed by atoms with van der Waals surface area (Å²) in [4.78, 5) is 25.7. The second-order valence-electron chi connectivity index (χ2n) is 4.26. The van der Waals surface area contributed by atoms with Crippen molar-refractivity contribution in [1.82, 2.24) is 4.98 Å². The van der Waals surface area contributed by atoms with Gasteiger partial charge < -0.3 is 9.84 Å². The van der Waals surface area contributed by atoms with E-state index in [9.17, 15) is 9.59 Å². The van der Waals surface area contributed by atoms with Gasteiger partial charge in [-0.25, -0.2) is 14.6 Å². The van der Waals surface area contributed by atoms with Crippen molar-refractivity contribution in [2.75, 3.05) is 11.9 Å². The summed E-state index contributed by atoms with van der Waals surface area (Å²) in [7, 11) is 0. The zero-order valence-corrected chi connectivity index (χ0v) is 10.8. The molecule has 0 spiro atoms. The van der Waals surface area contributed by atoms with E-state index in [2.05, 4.69) is 10.3 Å². The lowest BCUT2D eigenvalue weighted by Gasteiger charge is -2.08. The number of amides is 1. The highest BCUT2D eigenvalue weighted by Crippen LogP contribution is 2.09. The molecule has 0 saturated heterocycles. The highest BCUT2D eigenvalue weighted by atomic mass is 16.5. The highest BCUT2D eigenvalue weighted by molar-refractivity contribution is 5.86. The van der Waals surface area contributed by atoms with Gasteiger partial charge in [0.25, 0.3) is 0 Å². The Morgan fingerprint density at radius 3 is 2.89 bits per heavy atom. The standard InChI is InChI=1S/C13H16N2O4/c1-9(2)8-19-13(18)15-11-7-10(5-6-14-11)3-4-12(16)17/h3-7,9H,8H2,1-2H3,(H,16,17)(H,14,15,18)/b4-3+. The fourth-order valence-electron chi connectivity index (χ4n) is 1.17. The van der Waals surface area contributed by atoms with Gasteiger partial charge in [0, 0.05) is 12.3 Å². The quantitative estimate of drug-likeness (QED) is 0.797. The fraction of sp³-hybridized carbons (Fsp3) is 0.308. The number of carbonyl (C=O) groups is 2. The SMILES string of the molecule is CC(C)COC(=O)Nc1cc(/C=C/C(=O)O)ccn1. The first-order valence-corrected chi connectivity index (χ1v) is 5.78. The summed E-state index contributed by atoms with van der Waals surface area (Å²) in [5.41, 5.74) is 0.622. The molecule has 6 heteroatoms. The van der Waals surface area contributed by atoms with Crippen molar-refractivity contribution >= 4 is 24.0 Å². The molecular formula is C13H16N2O4.